The Kier molecular flexibility index (Phi) is 6.72. The summed E-state index contributed by atoms with van der Waals surface area (Å²) in [6.45, 7) is 6.66. The van der Waals surface area contributed by atoms with Crippen LogP contribution in [0.15, 0.2) is 47.0 Å². The van der Waals surface area contributed by atoms with Crippen molar-refractivity contribution in [3.8, 4) is 11.5 Å². The van der Waals surface area contributed by atoms with Crippen LogP contribution in [0.4, 0.5) is 4.39 Å². The maximum atomic E-state index is 13.5. The molecule has 3 rings (SSSR count). The molecule has 6 nitrogen and oxygen atoms in total. The van der Waals surface area contributed by atoms with Crippen molar-refractivity contribution in [1.29, 1.82) is 0 Å². The number of hydrogen-bond acceptors (Lipinski definition) is 5. The molecule has 0 radical (unpaired) electrons. The third-order valence-corrected chi connectivity index (χ3v) is 4.90. The van der Waals surface area contributed by atoms with E-state index < -0.39 is 0 Å². The lowest BCUT2D eigenvalue weighted by molar-refractivity contribution is 0.0752. The summed E-state index contributed by atoms with van der Waals surface area (Å²) in [6.07, 6.45) is 0. The molecule has 2 aromatic carbocycles. The fraction of sp³-hybridized carbons (Fsp3) is 0.304. The van der Waals surface area contributed by atoms with Gasteiger partial charge in [-0.25, -0.2) is 4.39 Å². The van der Waals surface area contributed by atoms with Crippen LogP contribution in [0.1, 0.15) is 39.9 Å². The molecule has 0 aliphatic heterocycles. The predicted octanol–water partition coefficient (Wildman–Crippen LogP) is 4.68. The first-order chi connectivity index (χ1) is 14.4. The van der Waals surface area contributed by atoms with E-state index in [1.54, 1.807) is 35.2 Å². The Morgan fingerprint density at radius 3 is 2.60 bits per heavy atom. The molecular formula is C23H25FN2O4. The quantitative estimate of drug-likeness (QED) is 0.537. The Balaban J connectivity index is 1.76. The topological polar surface area (TPSA) is 64.8 Å². The Morgan fingerprint density at radius 2 is 1.97 bits per heavy atom. The third-order valence-electron chi connectivity index (χ3n) is 4.90. The highest BCUT2D eigenvalue weighted by Crippen LogP contribution is 2.30. The number of benzene rings is 2. The number of hydrogen-bond donors (Lipinski definition) is 0. The van der Waals surface area contributed by atoms with Gasteiger partial charge in [0.25, 0.3) is 5.91 Å². The van der Waals surface area contributed by atoms with Gasteiger partial charge in [-0.15, -0.1) is 0 Å². The van der Waals surface area contributed by atoms with Crippen molar-refractivity contribution in [1.82, 2.24) is 10.1 Å². The average Bonchev–Trinajstić information content (AvgIpc) is 3.07. The minimum Gasteiger partial charge on any atom is -0.493 e. The molecule has 0 aliphatic rings. The molecule has 0 bridgehead atoms. The average molecular weight is 412 g/mol. The first-order valence-corrected chi connectivity index (χ1v) is 9.69. The summed E-state index contributed by atoms with van der Waals surface area (Å²) in [4.78, 5) is 14.6. The van der Waals surface area contributed by atoms with Crippen LogP contribution in [-0.4, -0.2) is 29.6 Å². The van der Waals surface area contributed by atoms with E-state index in [1.165, 1.54) is 19.2 Å². The van der Waals surface area contributed by atoms with Crippen LogP contribution in [0.25, 0.3) is 0 Å². The van der Waals surface area contributed by atoms with Crippen LogP contribution >= 0.6 is 0 Å². The number of amides is 1. The molecule has 1 aromatic heterocycles. The Hall–Kier alpha value is -3.35. The van der Waals surface area contributed by atoms with Crippen molar-refractivity contribution in [2.24, 2.45) is 0 Å². The minimum absolute atomic E-state index is 0.169. The van der Waals surface area contributed by atoms with Crippen molar-refractivity contribution in [3.05, 3.63) is 76.4 Å². The number of methoxy groups -OCH3 is 1. The van der Waals surface area contributed by atoms with E-state index in [2.05, 4.69) is 5.16 Å². The molecule has 0 atom stereocenters. The molecule has 7 heteroatoms. The molecule has 158 valence electrons. The summed E-state index contributed by atoms with van der Waals surface area (Å²) in [5.41, 5.74) is 2.85. The molecule has 0 fully saturated rings. The normalized spacial score (nSPS) is 10.7. The minimum atomic E-state index is -0.322. The van der Waals surface area contributed by atoms with Gasteiger partial charge in [-0.05, 0) is 56.7 Å². The van der Waals surface area contributed by atoms with Gasteiger partial charge in [-0.1, -0.05) is 17.3 Å². The van der Waals surface area contributed by atoms with E-state index in [4.69, 9.17) is 14.0 Å². The molecule has 0 saturated heterocycles. The molecule has 3 aromatic rings. The monoisotopic (exact) mass is 412 g/mol. The van der Waals surface area contributed by atoms with E-state index in [0.717, 1.165) is 16.8 Å². The maximum absolute atomic E-state index is 13.5. The summed E-state index contributed by atoms with van der Waals surface area (Å²) in [6, 6.07) is 11.3. The third kappa shape index (κ3) is 4.79. The molecule has 0 N–H and O–H groups in total. The molecular weight excluding hydrogens is 387 g/mol. The number of carbonyl (C=O) groups is 1. The highest BCUT2D eigenvalue weighted by molar-refractivity contribution is 5.94. The van der Waals surface area contributed by atoms with Crippen LogP contribution in [0.2, 0.25) is 0 Å². The van der Waals surface area contributed by atoms with Gasteiger partial charge < -0.3 is 18.9 Å². The van der Waals surface area contributed by atoms with Crippen molar-refractivity contribution in [2.45, 2.75) is 33.9 Å². The van der Waals surface area contributed by atoms with E-state index in [-0.39, 0.29) is 18.3 Å². The van der Waals surface area contributed by atoms with Crippen LogP contribution in [0.5, 0.6) is 11.5 Å². The molecule has 0 aliphatic carbocycles. The number of carbonyl (C=O) groups excluding carboxylic acids is 1. The van der Waals surface area contributed by atoms with E-state index in [0.29, 0.717) is 35.9 Å². The summed E-state index contributed by atoms with van der Waals surface area (Å²) >= 11 is 0. The van der Waals surface area contributed by atoms with E-state index >= 15 is 0 Å². The zero-order valence-corrected chi connectivity index (χ0v) is 17.6. The zero-order valence-electron chi connectivity index (χ0n) is 17.6. The van der Waals surface area contributed by atoms with Crippen molar-refractivity contribution >= 4 is 5.91 Å². The number of rotatable bonds is 8. The number of ether oxygens (including phenoxy) is 2. The number of nitrogens with zero attached hydrogens (tertiary/aromatic N) is 2. The van der Waals surface area contributed by atoms with Crippen LogP contribution in [0.3, 0.4) is 0 Å². The van der Waals surface area contributed by atoms with E-state index in [9.17, 15) is 9.18 Å². The molecule has 30 heavy (non-hydrogen) atoms. The number of aryl methyl sites for hydroxylation is 2. The molecule has 0 spiro atoms. The summed E-state index contributed by atoms with van der Waals surface area (Å²) in [5.74, 6) is 1.18. The fourth-order valence-electron chi connectivity index (χ4n) is 3.14. The van der Waals surface area contributed by atoms with Crippen LogP contribution in [-0.2, 0) is 13.2 Å². The van der Waals surface area contributed by atoms with Crippen LogP contribution < -0.4 is 9.47 Å². The summed E-state index contributed by atoms with van der Waals surface area (Å²) in [7, 11) is 1.52. The molecule has 0 saturated carbocycles. The highest BCUT2D eigenvalue weighted by Gasteiger charge is 2.18. The lowest BCUT2D eigenvalue weighted by Crippen LogP contribution is -2.30. The lowest BCUT2D eigenvalue weighted by Gasteiger charge is -2.22. The maximum Gasteiger partial charge on any atom is 0.254 e. The van der Waals surface area contributed by atoms with E-state index in [1.807, 2.05) is 20.8 Å². The number of aromatic nitrogens is 1. The van der Waals surface area contributed by atoms with Gasteiger partial charge in [0.05, 0.1) is 18.4 Å². The first kappa shape index (κ1) is 21.4. The largest absolute Gasteiger partial charge is 0.493 e. The smallest absolute Gasteiger partial charge is 0.254 e. The molecule has 1 amide bonds. The second-order valence-corrected chi connectivity index (χ2v) is 6.91. The second-order valence-electron chi connectivity index (χ2n) is 6.91. The van der Waals surface area contributed by atoms with Crippen molar-refractivity contribution in [2.75, 3.05) is 13.7 Å². The summed E-state index contributed by atoms with van der Waals surface area (Å²) < 4.78 is 29.9. The van der Waals surface area contributed by atoms with Crippen LogP contribution in [0, 0.1) is 19.7 Å². The standard InChI is InChI=1S/C23H25FN2O4/c1-5-26(13-17-7-6-8-19(24)11-17)23(27)18-9-10-21(22(12-18)28-4)29-14-20-15(2)25-30-16(20)3/h6-12H,5,13-14H2,1-4H3. The van der Waals surface area contributed by atoms with Crippen molar-refractivity contribution < 1.29 is 23.2 Å². The van der Waals surface area contributed by atoms with Crippen molar-refractivity contribution in [3.63, 3.8) is 0 Å². The molecule has 1 heterocycles. The number of halogens is 1. The first-order valence-electron chi connectivity index (χ1n) is 9.69. The van der Waals surface area contributed by atoms with Gasteiger partial charge in [0.1, 0.15) is 18.2 Å². The van der Waals surface area contributed by atoms with Gasteiger partial charge in [0, 0.05) is 18.7 Å². The van der Waals surface area contributed by atoms with Gasteiger partial charge in [-0.3, -0.25) is 4.79 Å². The zero-order chi connectivity index (χ0) is 21.7. The Bertz CT molecular complexity index is 1010. The second kappa shape index (κ2) is 9.43. The lowest BCUT2D eigenvalue weighted by atomic mass is 10.1. The highest BCUT2D eigenvalue weighted by atomic mass is 19.1. The fourth-order valence-corrected chi connectivity index (χ4v) is 3.14. The van der Waals surface area contributed by atoms with Gasteiger partial charge in [-0.2, -0.15) is 0 Å². The Morgan fingerprint density at radius 1 is 1.17 bits per heavy atom. The predicted molar refractivity (Wildman–Crippen MR) is 110 cm³/mol. The van der Waals surface area contributed by atoms with Gasteiger partial charge in [0.15, 0.2) is 11.5 Å². The SMILES string of the molecule is CCN(Cc1cccc(F)c1)C(=O)c1ccc(OCc2c(C)noc2C)c(OC)c1. The molecule has 0 unspecified atom stereocenters. The Labute approximate surface area is 175 Å². The van der Waals surface area contributed by atoms with Gasteiger partial charge >= 0.3 is 0 Å². The summed E-state index contributed by atoms with van der Waals surface area (Å²) in [5, 5.41) is 3.92. The van der Waals surface area contributed by atoms with Gasteiger partial charge in [0.2, 0.25) is 0 Å².